The molecule has 1 N–H and O–H groups in total. The molecule has 10 heteroatoms. The minimum Gasteiger partial charge on any atom is -0.454 e. The van der Waals surface area contributed by atoms with Gasteiger partial charge >= 0.3 is 5.97 Å². The number of rotatable bonds is 5. The quantitative estimate of drug-likeness (QED) is 0.310. The standard InChI is InChI=1S/C21H21Br3N2O5/c1-8-5-10(22)3-4-13(8)25-14(27)7-31-21(30)9(2)26-19(28)15-11-6-12(16(15)20(26)29)18(24)17(11)23/h3-5,9,11-12,15-18H,6-7H2,1-2H3,(H,25,27)/t9-,11+,12+,15+,16+,17-,18+/m0/s1. The zero-order valence-electron chi connectivity index (χ0n) is 16.8. The summed E-state index contributed by atoms with van der Waals surface area (Å²) in [6, 6.07) is 4.31. The van der Waals surface area contributed by atoms with Gasteiger partial charge in [0.05, 0.1) is 11.8 Å². The average Bonchev–Trinajstić information content (AvgIpc) is 3.32. The van der Waals surface area contributed by atoms with E-state index in [1.165, 1.54) is 6.92 Å². The minimum absolute atomic E-state index is 0.0731. The van der Waals surface area contributed by atoms with Gasteiger partial charge in [0.1, 0.15) is 6.04 Å². The van der Waals surface area contributed by atoms with Gasteiger partial charge in [0.15, 0.2) is 6.61 Å². The van der Waals surface area contributed by atoms with E-state index in [4.69, 9.17) is 4.74 Å². The number of benzene rings is 1. The predicted octanol–water partition coefficient (Wildman–Crippen LogP) is 3.41. The van der Waals surface area contributed by atoms with Crippen molar-refractivity contribution in [1.82, 2.24) is 4.90 Å². The van der Waals surface area contributed by atoms with Gasteiger partial charge in [-0.15, -0.1) is 0 Å². The molecule has 0 unspecified atom stereocenters. The first kappa shape index (κ1) is 22.9. The van der Waals surface area contributed by atoms with Gasteiger partial charge in [0.25, 0.3) is 5.91 Å². The summed E-state index contributed by atoms with van der Waals surface area (Å²) >= 11 is 10.6. The molecule has 2 bridgehead atoms. The fourth-order valence-corrected chi connectivity index (χ4v) is 7.42. The fourth-order valence-electron chi connectivity index (χ4n) is 5.07. The molecule has 7 atom stereocenters. The number of anilines is 1. The molecular formula is C21H21Br3N2O5. The van der Waals surface area contributed by atoms with Crippen LogP contribution in [0.15, 0.2) is 22.7 Å². The van der Waals surface area contributed by atoms with Gasteiger partial charge in [-0.05, 0) is 55.9 Å². The molecule has 4 rings (SSSR count). The Kier molecular flexibility index (Phi) is 6.35. The predicted molar refractivity (Wildman–Crippen MR) is 124 cm³/mol. The molecule has 1 aromatic rings. The third-order valence-electron chi connectivity index (χ3n) is 6.56. The normalized spacial score (nSPS) is 32.2. The summed E-state index contributed by atoms with van der Waals surface area (Å²) in [4.78, 5) is 52.1. The van der Waals surface area contributed by atoms with Gasteiger partial charge in [-0.3, -0.25) is 19.3 Å². The summed E-state index contributed by atoms with van der Waals surface area (Å²) in [5.41, 5.74) is 1.46. The number of likely N-dealkylation sites (tertiary alicyclic amines) is 1. The van der Waals surface area contributed by atoms with Crippen LogP contribution >= 0.6 is 47.8 Å². The largest absolute Gasteiger partial charge is 0.454 e. The number of amides is 3. The number of aryl methyl sites for hydroxylation is 1. The molecule has 3 aliphatic rings. The van der Waals surface area contributed by atoms with Crippen molar-refractivity contribution in [3.8, 4) is 0 Å². The maximum Gasteiger partial charge on any atom is 0.329 e. The van der Waals surface area contributed by atoms with Crippen LogP contribution in [0.5, 0.6) is 0 Å². The maximum absolute atomic E-state index is 13.0. The molecule has 3 fully saturated rings. The lowest BCUT2D eigenvalue weighted by Gasteiger charge is -2.28. The Bertz CT molecular complexity index is 938. The molecule has 31 heavy (non-hydrogen) atoms. The monoisotopic (exact) mass is 618 g/mol. The molecule has 1 aliphatic heterocycles. The van der Waals surface area contributed by atoms with Gasteiger partial charge < -0.3 is 10.1 Å². The van der Waals surface area contributed by atoms with Crippen LogP contribution in [0.3, 0.4) is 0 Å². The summed E-state index contributed by atoms with van der Waals surface area (Å²) in [5.74, 6) is -2.54. The third-order valence-corrected chi connectivity index (χ3v) is 10.3. The van der Waals surface area contributed by atoms with Crippen molar-refractivity contribution in [1.29, 1.82) is 0 Å². The van der Waals surface area contributed by atoms with Crippen molar-refractivity contribution < 1.29 is 23.9 Å². The van der Waals surface area contributed by atoms with Crippen LogP contribution in [0.1, 0.15) is 18.9 Å². The van der Waals surface area contributed by atoms with E-state index >= 15 is 0 Å². The second-order valence-corrected chi connectivity index (χ2v) is 11.4. The molecule has 1 heterocycles. The highest BCUT2D eigenvalue weighted by atomic mass is 79.9. The molecule has 166 valence electrons. The fraction of sp³-hybridized carbons (Fsp3) is 0.524. The molecule has 7 nitrogen and oxygen atoms in total. The number of nitrogens with one attached hydrogen (secondary N) is 1. The Morgan fingerprint density at radius 1 is 1.16 bits per heavy atom. The van der Waals surface area contributed by atoms with Crippen LogP contribution < -0.4 is 5.32 Å². The molecule has 2 saturated carbocycles. The molecule has 0 spiro atoms. The van der Waals surface area contributed by atoms with Crippen molar-refractivity contribution in [3.05, 3.63) is 28.2 Å². The van der Waals surface area contributed by atoms with Crippen LogP contribution in [-0.4, -0.2) is 50.9 Å². The van der Waals surface area contributed by atoms with Crippen molar-refractivity contribution in [2.24, 2.45) is 23.7 Å². The van der Waals surface area contributed by atoms with Gasteiger partial charge in [-0.1, -0.05) is 47.8 Å². The van der Waals surface area contributed by atoms with E-state index in [2.05, 4.69) is 53.1 Å². The van der Waals surface area contributed by atoms with Crippen molar-refractivity contribution >= 4 is 77.2 Å². The number of imide groups is 1. The van der Waals surface area contributed by atoms with Crippen LogP contribution in [0.25, 0.3) is 0 Å². The Labute approximate surface area is 205 Å². The van der Waals surface area contributed by atoms with Crippen LogP contribution in [0.2, 0.25) is 0 Å². The molecule has 2 aliphatic carbocycles. The lowest BCUT2D eigenvalue weighted by molar-refractivity contribution is -0.159. The number of alkyl halides is 2. The van der Waals surface area contributed by atoms with Crippen molar-refractivity contribution in [2.75, 3.05) is 11.9 Å². The number of nitrogens with zero attached hydrogens (tertiary/aromatic N) is 1. The Hall–Kier alpha value is -1.26. The van der Waals surface area contributed by atoms with E-state index in [-0.39, 0.29) is 33.3 Å². The van der Waals surface area contributed by atoms with Gasteiger partial charge in [0.2, 0.25) is 11.8 Å². The number of carbonyl (C=O) groups excluding carboxylic acids is 4. The number of carbonyl (C=O) groups is 4. The lowest BCUT2D eigenvalue weighted by atomic mass is 9.81. The van der Waals surface area contributed by atoms with Crippen molar-refractivity contribution in [2.45, 2.75) is 36.0 Å². The van der Waals surface area contributed by atoms with E-state index in [1.54, 1.807) is 12.1 Å². The van der Waals surface area contributed by atoms with E-state index in [0.717, 1.165) is 21.4 Å². The number of hydrogen-bond acceptors (Lipinski definition) is 5. The summed E-state index contributed by atoms with van der Waals surface area (Å²) in [6.45, 7) is 2.81. The topological polar surface area (TPSA) is 92.8 Å². The SMILES string of the molecule is Cc1cc(Br)ccc1NC(=O)COC(=O)[C@H](C)N1C(=O)[C@@H]2[C@H]3C[C@@H]([C@@H](Br)[C@H]3Br)[C@H]2C1=O. The Morgan fingerprint density at radius 3 is 2.29 bits per heavy atom. The first-order valence-corrected chi connectivity index (χ1v) is 12.6. The van der Waals surface area contributed by atoms with Gasteiger partial charge in [-0.25, -0.2) is 4.79 Å². The highest BCUT2D eigenvalue weighted by Gasteiger charge is 2.67. The van der Waals surface area contributed by atoms with Crippen molar-refractivity contribution in [3.63, 3.8) is 0 Å². The van der Waals surface area contributed by atoms with E-state index < -0.39 is 36.4 Å². The number of halogens is 3. The first-order chi connectivity index (χ1) is 14.6. The second kappa shape index (κ2) is 8.59. The highest BCUT2D eigenvalue weighted by Crippen LogP contribution is 2.60. The zero-order valence-corrected chi connectivity index (χ0v) is 21.6. The van der Waals surface area contributed by atoms with Crippen LogP contribution in [0, 0.1) is 30.6 Å². The van der Waals surface area contributed by atoms with Crippen LogP contribution in [-0.2, 0) is 23.9 Å². The summed E-state index contributed by atoms with van der Waals surface area (Å²) in [6.07, 6.45) is 0.820. The third kappa shape index (κ3) is 3.88. The number of ether oxygens (including phenoxy) is 1. The number of fused-ring (bicyclic) bond motifs is 5. The average molecular weight is 621 g/mol. The minimum atomic E-state index is -1.07. The maximum atomic E-state index is 13.0. The van der Waals surface area contributed by atoms with Gasteiger partial charge in [0, 0.05) is 19.8 Å². The van der Waals surface area contributed by atoms with E-state index in [9.17, 15) is 19.2 Å². The smallest absolute Gasteiger partial charge is 0.329 e. The summed E-state index contributed by atoms with van der Waals surface area (Å²) in [5, 5.41) is 2.69. The molecular weight excluding hydrogens is 600 g/mol. The summed E-state index contributed by atoms with van der Waals surface area (Å²) < 4.78 is 6.01. The number of hydrogen-bond donors (Lipinski definition) is 1. The second-order valence-electron chi connectivity index (χ2n) is 8.34. The molecule has 1 aromatic carbocycles. The Morgan fingerprint density at radius 2 is 1.74 bits per heavy atom. The summed E-state index contributed by atoms with van der Waals surface area (Å²) in [7, 11) is 0. The molecule has 0 radical (unpaired) electrons. The lowest BCUT2D eigenvalue weighted by Crippen LogP contribution is -2.45. The highest BCUT2D eigenvalue weighted by molar-refractivity contribution is 9.12. The van der Waals surface area contributed by atoms with E-state index in [1.807, 2.05) is 13.0 Å². The van der Waals surface area contributed by atoms with Crippen LogP contribution in [0.4, 0.5) is 5.69 Å². The molecule has 0 aromatic heterocycles. The van der Waals surface area contributed by atoms with E-state index in [0.29, 0.717) is 5.69 Å². The number of esters is 1. The van der Waals surface area contributed by atoms with Gasteiger partial charge in [-0.2, -0.15) is 0 Å². The first-order valence-electron chi connectivity index (χ1n) is 9.99. The zero-order chi connectivity index (χ0) is 22.6. The Balaban J connectivity index is 1.37. The molecule has 1 saturated heterocycles. The molecule has 3 amide bonds.